The van der Waals surface area contributed by atoms with E-state index in [1.165, 1.54) is 12.0 Å². The van der Waals surface area contributed by atoms with Crippen LogP contribution in [-0.4, -0.2) is 59.5 Å². The van der Waals surface area contributed by atoms with Gasteiger partial charge in [-0.25, -0.2) is 13.4 Å². The molecule has 0 bridgehead atoms. The number of hydrogen-bond acceptors (Lipinski definition) is 7. The number of ether oxygens (including phenoxy) is 1. The fourth-order valence-electron chi connectivity index (χ4n) is 6.13. The molecule has 230 valence electrons. The van der Waals surface area contributed by atoms with Crippen molar-refractivity contribution in [2.45, 2.75) is 114 Å². The van der Waals surface area contributed by atoms with Gasteiger partial charge in [0.1, 0.15) is 12.1 Å². The van der Waals surface area contributed by atoms with Crippen molar-refractivity contribution in [3.63, 3.8) is 0 Å². The molecule has 0 aromatic carbocycles. The second-order valence-electron chi connectivity index (χ2n) is 12.7. The first-order valence-electron chi connectivity index (χ1n) is 15.5. The van der Waals surface area contributed by atoms with Gasteiger partial charge in [-0.05, 0) is 88.7 Å². The molecule has 2 saturated carbocycles. The molecule has 5 rings (SSSR count). The second kappa shape index (κ2) is 12.7. The minimum Gasteiger partial charge on any atom is -0.472 e. The summed E-state index contributed by atoms with van der Waals surface area (Å²) in [6.45, 7) is 2.02. The molecule has 1 saturated heterocycles. The number of nitrogens with zero attached hydrogens (tertiary/aromatic N) is 2. The van der Waals surface area contributed by atoms with Gasteiger partial charge in [0, 0.05) is 30.5 Å². The number of nitrogens with two attached hydrogens (primary N) is 1. The van der Waals surface area contributed by atoms with E-state index in [0.29, 0.717) is 44.5 Å². The molecule has 3 amide bonds. The van der Waals surface area contributed by atoms with Crippen LogP contribution in [0.25, 0.3) is 0 Å². The van der Waals surface area contributed by atoms with E-state index < -0.39 is 26.7 Å². The van der Waals surface area contributed by atoms with E-state index in [4.69, 9.17) is 10.5 Å². The molecule has 0 unspecified atom stereocenters. The van der Waals surface area contributed by atoms with Gasteiger partial charge in [0.2, 0.25) is 33.6 Å². The summed E-state index contributed by atoms with van der Waals surface area (Å²) >= 11 is 0. The number of carbonyl (C=O) groups excluding carboxylic acids is 3. The van der Waals surface area contributed by atoms with Gasteiger partial charge in [0.15, 0.2) is 0 Å². The highest BCUT2D eigenvalue weighted by Crippen LogP contribution is 2.44. The third kappa shape index (κ3) is 7.15. The fourth-order valence-corrected chi connectivity index (χ4v) is 7.43. The molecule has 1 aromatic rings. The first-order chi connectivity index (χ1) is 20.1. The predicted molar refractivity (Wildman–Crippen MR) is 158 cm³/mol. The first kappa shape index (κ1) is 30.5. The number of rotatable bonds is 14. The van der Waals surface area contributed by atoms with E-state index in [1.807, 2.05) is 12.1 Å². The van der Waals surface area contributed by atoms with Crippen molar-refractivity contribution in [3.05, 3.63) is 35.5 Å². The smallest absolute Gasteiger partial charge is 0.240 e. The molecule has 1 aliphatic heterocycles. The van der Waals surface area contributed by atoms with Crippen molar-refractivity contribution >= 4 is 27.7 Å². The average Bonchev–Trinajstić information content (AvgIpc) is 3.87. The summed E-state index contributed by atoms with van der Waals surface area (Å²) in [6.07, 6.45) is 16.9. The third-order valence-electron chi connectivity index (χ3n) is 9.34. The number of primary amides is 1. The lowest BCUT2D eigenvalue weighted by Gasteiger charge is -2.22. The SMILES string of the molecule is CC1(S(=O)(=O)NC(=O)[C@H]2C[C@H]2/C=C\CCCCCCC(=O)N2C[C@H](Oc3nccc4c3CCCC4)C[C@H]2C(N)=O)CC1. The Balaban J connectivity index is 0.977. The Morgan fingerprint density at radius 2 is 1.90 bits per heavy atom. The summed E-state index contributed by atoms with van der Waals surface area (Å²) in [4.78, 5) is 43.5. The van der Waals surface area contributed by atoms with Crippen molar-refractivity contribution in [2.75, 3.05) is 6.54 Å². The maximum atomic E-state index is 13.0. The Bertz CT molecular complexity index is 1320. The Morgan fingerprint density at radius 1 is 1.14 bits per heavy atom. The number of aromatic nitrogens is 1. The topological polar surface area (TPSA) is 149 Å². The van der Waals surface area contributed by atoms with E-state index in [9.17, 15) is 22.8 Å². The normalized spacial score (nSPS) is 26.1. The van der Waals surface area contributed by atoms with E-state index in [0.717, 1.165) is 56.9 Å². The molecule has 3 N–H and O–H groups in total. The molecular weight excluding hydrogens is 556 g/mol. The average molecular weight is 601 g/mol. The number of fused-ring (bicyclic) bond motifs is 1. The predicted octanol–water partition coefficient (Wildman–Crippen LogP) is 3.33. The number of sulfonamides is 1. The highest BCUT2D eigenvalue weighted by Gasteiger charge is 2.52. The molecule has 42 heavy (non-hydrogen) atoms. The van der Waals surface area contributed by atoms with Crippen LogP contribution in [-0.2, 0) is 37.2 Å². The number of unbranched alkanes of at least 4 members (excludes halogenated alkanes) is 4. The maximum Gasteiger partial charge on any atom is 0.240 e. The van der Waals surface area contributed by atoms with Crippen LogP contribution in [0.2, 0.25) is 0 Å². The van der Waals surface area contributed by atoms with Crippen LogP contribution in [0, 0.1) is 11.8 Å². The molecule has 10 nitrogen and oxygen atoms in total. The molecule has 3 aliphatic carbocycles. The number of allylic oxidation sites excluding steroid dienone is 2. The molecule has 2 heterocycles. The van der Waals surface area contributed by atoms with Crippen molar-refractivity contribution in [1.82, 2.24) is 14.6 Å². The molecular formula is C31H44N4O6S. The zero-order chi connectivity index (χ0) is 29.9. The lowest BCUT2D eigenvalue weighted by molar-refractivity contribution is -0.137. The quantitative estimate of drug-likeness (QED) is 0.246. The molecule has 4 aliphatic rings. The summed E-state index contributed by atoms with van der Waals surface area (Å²) in [5.41, 5.74) is 8.07. The maximum absolute atomic E-state index is 13.0. The number of amides is 3. The summed E-state index contributed by atoms with van der Waals surface area (Å²) in [5.74, 6) is -0.465. The van der Waals surface area contributed by atoms with Gasteiger partial charge in [0.25, 0.3) is 0 Å². The van der Waals surface area contributed by atoms with Gasteiger partial charge >= 0.3 is 0 Å². The van der Waals surface area contributed by atoms with Gasteiger partial charge in [-0.1, -0.05) is 25.0 Å². The van der Waals surface area contributed by atoms with Crippen LogP contribution < -0.4 is 15.2 Å². The highest BCUT2D eigenvalue weighted by atomic mass is 32.2. The molecule has 0 spiro atoms. The fraction of sp³-hybridized carbons (Fsp3) is 0.677. The standard InChI is InChI=1S/C31H44N4O6S/c1-31(15-16-31)42(39,40)34-29(38)25-18-22(25)11-6-4-2-3-5-7-13-27(36)35-20-23(19-26(35)28(32)37)41-30-24-12-9-8-10-21(24)14-17-33-30/h6,11,14,17,22-23,25-26H,2-5,7-10,12-13,15-16,18-20H2,1H3,(H2,32,37)(H,34,38)/b11-6-/t22-,23-,25+,26+/m1/s1. The number of likely N-dealkylation sites (tertiary alicyclic amines) is 1. The zero-order valence-electron chi connectivity index (χ0n) is 24.6. The van der Waals surface area contributed by atoms with Crippen LogP contribution in [0.15, 0.2) is 24.4 Å². The second-order valence-corrected chi connectivity index (χ2v) is 14.9. The Morgan fingerprint density at radius 3 is 2.67 bits per heavy atom. The minimum absolute atomic E-state index is 0.0661. The molecule has 4 atom stereocenters. The van der Waals surface area contributed by atoms with Gasteiger partial charge in [0.05, 0.1) is 11.3 Å². The summed E-state index contributed by atoms with van der Waals surface area (Å²) in [7, 11) is -3.57. The summed E-state index contributed by atoms with van der Waals surface area (Å²) in [6, 6.07) is 1.39. The largest absolute Gasteiger partial charge is 0.472 e. The van der Waals surface area contributed by atoms with Gasteiger partial charge in [-0.15, -0.1) is 0 Å². The van der Waals surface area contributed by atoms with Crippen molar-refractivity contribution in [2.24, 2.45) is 17.6 Å². The lowest BCUT2D eigenvalue weighted by atomic mass is 9.93. The van der Waals surface area contributed by atoms with Crippen molar-refractivity contribution < 1.29 is 27.5 Å². The van der Waals surface area contributed by atoms with E-state index >= 15 is 0 Å². The number of hydrogen-bond donors (Lipinski definition) is 2. The molecule has 11 heteroatoms. The van der Waals surface area contributed by atoms with Crippen LogP contribution >= 0.6 is 0 Å². The van der Waals surface area contributed by atoms with Crippen LogP contribution in [0.1, 0.15) is 95.1 Å². The molecule has 1 aromatic heterocycles. The van der Waals surface area contributed by atoms with Crippen LogP contribution in [0.4, 0.5) is 0 Å². The minimum atomic E-state index is -3.57. The van der Waals surface area contributed by atoms with Gasteiger partial charge < -0.3 is 15.4 Å². The highest BCUT2D eigenvalue weighted by molar-refractivity contribution is 7.91. The Kier molecular flexibility index (Phi) is 9.25. The van der Waals surface area contributed by atoms with E-state index in [1.54, 1.807) is 18.0 Å². The summed E-state index contributed by atoms with van der Waals surface area (Å²) in [5, 5.41) is 0. The van der Waals surface area contributed by atoms with Crippen LogP contribution in [0.5, 0.6) is 5.88 Å². The molecule has 3 fully saturated rings. The molecule has 0 radical (unpaired) electrons. The number of nitrogens with one attached hydrogen (secondary N) is 1. The van der Waals surface area contributed by atoms with Crippen LogP contribution in [0.3, 0.4) is 0 Å². The zero-order valence-corrected chi connectivity index (χ0v) is 25.4. The first-order valence-corrected chi connectivity index (χ1v) is 17.0. The number of carbonyl (C=O) groups is 3. The third-order valence-corrected chi connectivity index (χ3v) is 11.5. The Labute approximate surface area is 248 Å². The Hall–Kier alpha value is -2.95. The summed E-state index contributed by atoms with van der Waals surface area (Å²) < 4.78 is 32.2. The van der Waals surface area contributed by atoms with E-state index in [2.05, 4.69) is 15.8 Å². The van der Waals surface area contributed by atoms with Gasteiger partial charge in [-0.2, -0.15) is 0 Å². The number of pyridine rings is 1. The van der Waals surface area contributed by atoms with Gasteiger partial charge in [-0.3, -0.25) is 19.1 Å². The number of aryl methyl sites for hydroxylation is 1. The lowest BCUT2D eigenvalue weighted by Crippen LogP contribution is -2.43. The monoisotopic (exact) mass is 600 g/mol. The van der Waals surface area contributed by atoms with Crippen molar-refractivity contribution in [1.29, 1.82) is 0 Å². The van der Waals surface area contributed by atoms with Crippen molar-refractivity contribution in [3.8, 4) is 5.88 Å². The van der Waals surface area contributed by atoms with E-state index in [-0.39, 0.29) is 29.8 Å².